The van der Waals surface area contributed by atoms with E-state index >= 15 is 0 Å². The molecule has 0 bridgehead atoms. The van der Waals surface area contributed by atoms with E-state index in [1.165, 1.54) is 0 Å². The predicted molar refractivity (Wildman–Crippen MR) is 144 cm³/mol. The molecule has 204 valence electrons. The summed E-state index contributed by atoms with van der Waals surface area (Å²) in [4.78, 5) is 29.7. The van der Waals surface area contributed by atoms with Crippen LogP contribution in [0.4, 0.5) is 23.5 Å². The second-order valence-corrected chi connectivity index (χ2v) is 7.99. The molecule has 0 saturated heterocycles. The number of carbonyl (C=O) groups excluding carboxylic acids is 1. The molecule has 0 radical (unpaired) electrons. The number of anilines is 4. The van der Waals surface area contributed by atoms with Crippen molar-refractivity contribution in [3.8, 4) is 0 Å². The van der Waals surface area contributed by atoms with Crippen LogP contribution in [-0.2, 0) is 16.0 Å². The summed E-state index contributed by atoms with van der Waals surface area (Å²) >= 11 is 0. The number of aromatic nitrogens is 4. The molecular formula is C25H35N9O4. The number of carbonyl (C=O) groups is 1. The van der Waals surface area contributed by atoms with Crippen LogP contribution in [0, 0.1) is 0 Å². The molecule has 13 heteroatoms. The first-order valence-electron chi connectivity index (χ1n) is 12.4. The maximum Gasteiger partial charge on any atom is 0.251 e. The van der Waals surface area contributed by atoms with Gasteiger partial charge >= 0.3 is 0 Å². The maximum absolute atomic E-state index is 12.4. The van der Waals surface area contributed by atoms with E-state index in [-0.39, 0.29) is 12.5 Å². The summed E-state index contributed by atoms with van der Waals surface area (Å²) in [6.07, 6.45) is 4.00. The average Bonchev–Trinajstić information content (AvgIpc) is 2.94. The van der Waals surface area contributed by atoms with Gasteiger partial charge in [0.2, 0.25) is 17.8 Å². The Hall–Kier alpha value is -3.91. The molecule has 3 aromatic rings. The topological polar surface area (TPSA) is 181 Å². The zero-order valence-electron chi connectivity index (χ0n) is 21.2. The van der Waals surface area contributed by atoms with E-state index in [0.29, 0.717) is 88.1 Å². The van der Waals surface area contributed by atoms with Gasteiger partial charge in [0.15, 0.2) is 0 Å². The van der Waals surface area contributed by atoms with E-state index in [2.05, 4.69) is 41.2 Å². The van der Waals surface area contributed by atoms with Crippen LogP contribution >= 0.6 is 0 Å². The lowest BCUT2D eigenvalue weighted by Crippen LogP contribution is -2.27. The molecule has 0 atom stereocenters. The molecule has 0 spiro atoms. The third-order valence-electron chi connectivity index (χ3n) is 5.02. The molecule has 0 unspecified atom stereocenters. The van der Waals surface area contributed by atoms with Gasteiger partial charge in [-0.25, -0.2) is 0 Å². The molecule has 0 aliphatic rings. The summed E-state index contributed by atoms with van der Waals surface area (Å²) in [6.45, 7) is 3.79. The van der Waals surface area contributed by atoms with Crippen molar-refractivity contribution in [3.63, 3.8) is 0 Å². The molecule has 2 aromatic heterocycles. The zero-order valence-corrected chi connectivity index (χ0v) is 21.2. The molecule has 7 N–H and O–H groups in total. The standard InChI is InChI=1S/C25H35N9O4/c26-8-14-37-16-17-38-15-12-28-22(36)20-2-4-21(5-3-20)31-25-33-23(29-9-1-13-35)32-24(34-25)30-18-19-6-10-27-11-7-19/h2-7,10-11,35H,1,8-9,12-18,26H2,(H,28,36)(H3,29,30,31,32,33,34). The molecule has 38 heavy (non-hydrogen) atoms. The van der Waals surface area contributed by atoms with Crippen molar-refractivity contribution in [2.24, 2.45) is 5.73 Å². The van der Waals surface area contributed by atoms with Gasteiger partial charge in [-0.3, -0.25) is 9.78 Å². The van der Waals surface area contributed by atoms with Gasteiger partial charge in [-0.1, -0.05) is 0 Å². The van der Waals surface area contributed by atoms with E-state index in [1.54, 1.807) is 36.7 Å². The monoisotopic (exact) mass is 525 g/mol. The SMILES string of the molecule is NCCOCCOCCNC(=O)c1ccc(Nc2nc(NCCCO)nc(NCc3ccncc3)n2)cc1. The highest BCUT2D eigenvalue weighted by atomic mass is 16.5. The Bertz CT molecular complexity index is 1090. The van der Waals surface area contributed by atoms with E-state index < -0.39 is 0 Å². The number of amides is 1. The molecule has 1 amide bonds. The highest BCUT2D eigenvalue weighted by Gasteiger charge is 2.09. The molecule has 1 aromatic carbocycles. The number of pyridine rings is 1. The van der Waals surface area contributed by atoms with Crippen molar-refractivity contribution in [2.75, 3.05) is 68.6 Å². The molecule has 2 heterocycles. The Morgan fingerprint density at radius 2 is 1.53 bits per heavy atom. The van der Waals surface area contributed by atoms with Crippen LogP contribution in [0.1, 0.15) is 22.3 Å². The lowest BCUT2D eigenvalue weighted by molar-refractivity contribution is 0.0511. The molecular weight excluding hydrogens is 490 g/mol. The summed E-state index contributed by atoms with van der Waals surface area (Å²) in [6, 6.07) is 10.8. The number of benzene rings is 1. The summed E-state index contributed by atoms with van der Waals surface area (Å²) in [5.41, 5.74) is 7.60. The highest BCUT2D eigenvalue weighted by molar-refractivity contribution is 5.94. The zero-order chi connectivity index (χ0) is 26.8. The van der Waals surface area contributed by atoms with Gasteiger partial charge in [0, 0.05) is 56.4 Å². The largest absolute Gasteiger partial charge is 0.396 e. The van der Waals surface area contributed by atoms with E-state index in [1.807, 2.05) is 12.1 Å². The number of nitrogens with two attached hydrogens (primary N) is 1. The first-order chi connectivity index (χ1) is 18.7. The quantitative estimate of drug-likeness (QED) is 0.130. The molecule has 0 fully saturated rings. The van der Waals surface area contributed by atoms with Crippen LogP contribution in [0.2, 0.25) is 0 Å². The first kappa shape index (κ1) is 28.7. The minimum Gasteiger partial charge on any atom is -0.396 e. The molecule has 0 aliphatic carbocycles. The van der Waals surface area contributed by atoms with Crippen molar-refractivity contribution in [1.29, 1.82) is 0 Å². The van der Waals surface area contributed by atoms with Crippen molar-refractivity contribution in [2.45, 2.75) is 13.0 Å². The molecule has 3 rings (SSSR count). The highest BCUT2D eigenvalue weighted by Crippen LogP contribution is 2.17. The van der Waals surface area contributed by atoms with E-state index in [4.69, 9.17) is 20.3 Å². The predicted octanol–water partition coefficient (Wildman–Crippen LogP) is 1.14. The lowest BCUT2D eigenvalue weighted by atomic mass is 10.2. The number of aliphatic hydroxyl groups is 1. The molecule has 0 aliphatic heterocycles. The van der Waals surface area contributed by atoms with Crippen molar-refractivity contribution in [3.05, 3.63) is 59.9 Å². The van der Waals surface area contributed by atoms with E-state index in [0.717, 1.165) is 5.56 Å². The van der Waals surface area contributed by atoms with Crippen LogP contribution in [-0.4, -0.2) is 83.6 Å². The van der Waals surface area contributed by atoms with Crippen LogP contribution in [0.25, 0.3) is 0 Å². The lowest BCUT2D eigenvalue weighted by Gasteiger charge is -2.12. The molecule has 13 nitrogen and oxygen atoms in total. The van der Waals surface area contributed by atoms with Crippen LogP contribution in [0.3, 0.4) is 0 Å². The van der Waals surface area contributed by atoms with Gasteiger partial charge < -0.3 is 41.6 Å². The number of rotatable bonds is 18. The minimum absolute atomic E-state index is 0.0630. The number of ether oxygens (including phenoxy) is 2. The Morgan fingerprint density at radius 1 is 0.842 bits per heavy atom. The summed E-state index contributed by atoms with van der Waals surface area (Å²) in [5.74, 6) is 0.887. The van der Waals surface area contributed by atoms with Gasteiger partial charge in [0.1, 0.15) is 0 Å². The Morgan fingerprint density at radius 3 is 2.24 bits per heavy atom. The van der Waals surface area contributed by atoms with Crippen molar-refractivity contribution >= 4 is 29.4 Å². The van der Waals surface area contributed by atoms with Crippen LogP contribution in [0.5, 0.6) is 0 Å². The fraction of sp³-hybridized carbons (Fsp3) is 0.400. The van der Waals surface area contributed by atoms with Gasteiger partial charge in [-0.15, -0.1) is 0 Å². The third-order valence-corrected chi connectivity index (χ3v) is 5.02. The number of aliphatic hydroxyl groups excluding tert-OH is 1. The van der Waals surface area contributed by atoms with Crippen LogP contribution in [0.15, 0.2) is 48.8 Å². The smallest absolute Gasteiger partial charge is 0.251 e. The fourth-order valence-corrected chi connectivity index (χ4v) is 3.13. The second-order valence-electron chi connectivity index (χ2n) is 7.99. The van der Waals surface area contributed by atoms with Gasteiger partial charge in [-0.05, 0) is 48.4 Å². The van der Waals surface area contributed by atoms with Crippen molar-refractivity contribution < 1.29 is 19.4 Å². The number of nitrogens with zero attached hydrogens (tertiary/aromatic N) is 4. The van der Waals surface area contributed by atoms with Gasteiger partial charge in [0.05, 0.1) is 26.4 Å². The van der Waals surface area contributed by atoms with Crippen molar-refractivity contribution in [1.82, 2.24) is 25.3 Å². The Kier molecular flexibility index (Phi) is 12.6. The maximum atomic E-state index is 12.4. The molecule has 0 saturated carbocycles. The number of nitrogens with one attached hydrogen (secondary N) is 4. The average molecular weight is 526 g/mol. The number of hydrogen-bond donors (Lipinski definition) is 6. The normalized spacial score (nSPS) is 10.7. The summed E-state index contributed by atoms with van der Waals surface area (Å²) in [5, 5.41) is 21.3. The summed E-state index contributed by atoms with van der Waals surface area (Å²) < 4.78 is 10.6. The van der Waals surface area contributed by atoms with Gasteiger partial charge in [-0.2, -0.15) is 15.0 Å². The van der Waals surface area contributed by atoms with E-state index in [9.17, 15) is 4.79 Å². The Balaban J connectivity index is 1.54. The minimum atomic E-state index is -0.197. The first-order valence-corrected chi connectivity index (χ1v) is 12.4. The number of hydrogen-bond acceptors (Lipinski definition) is 12. The van der Waals surface area contributed by atoms with Crippen LogP contribution < -0.4 is 27.0 Å². The summed E-state index contributed by atoms with van der Waals surface area (Å²) in [7, 11) is 0. The third kappa shape index (κ3) is 10.6. The van der Waals surface area contributed by atoms with Gasteiger partial charge in [0.25, 0.3) is 5.91 Å². The Labute approximate surface area is 221 Å². The fourth-order valence-electron chi connectivity index (χ4n) is 3.13. The second kappa shape index (κ2) is 16.8.